The molecule has 3 aromatic rings. The number of aromatic nitrogens is 2. The average Bonchev–Trinajstić information content (AvgIpc) is 2.92. The highest BCUT2D eigenvalue weighted by Crippen LogP contribution is 2.36. The van der Waals surface area contributed by atoms with Gasteiger partial charge in [0.25, 0.3) is 0 Å². The summed E-state index contributed by atoms with van der Waals surface area (Å²) >= 11 is 5.94. The van der Waals surface area contributed by atoms with E-state index in [1.807, 2.05) is 12.1 Å². The SMILES string of the molecule is CCC(O)(CC)[C@@H]1CCCCN1CCCOc1cc2c(Nc3ccc(F)c(Cl)c3)ncnc2cc1OC. The van der Waals surface area contributed by atoms with Crippen molar-refractivity contribution in [2.24, 2.45) is 0 Å². The molecule has 0 aliphatic carbocycles. The van der Waals surface area contributed by atoms with Crippen LogP contribution >= 0.6 is 11.6 Å². The minimum absolute atomic E-state index is 0.0290. The van der Waals surface area contributed by atoms with E-state index in [-0.39, 0.29) is 11.1 Å². The highest BCUT2D eigenvalue weighted by molar-refractivity contribution is 6.31. The maximum absolute atomic E-state index is 13.6. The number of halogens is 2. The van der Waals surface area contributed by atoms with Crippen LogP contribution in [0.25, 0.3) is 10.9 Å². The summed E-state index contributed by atoms with van der Waals surface area (Å²) in [6, 6.07) is 8.29. The summed E-state index contributed by atoms with van der Waals surface area (Å²) < 4.78 is 25.3. The predicted molar refractivity (Wildman–Crippen MR) is 146 cm³/mol. The molecule has 1 fully saturated rings. The molecule has 37 heavy (non-hydrogen) atoms. The van der Waals surface area contributed by atoms with Crippen LogP contribution in [0.5, 0.6) is 11.5 Å². The van der Waals surface area contributed by atoms with Crippen LogP contribution in [0.1, 0.15) is 52.4 Å². The molecule has 0 radical (unpaired) electrons. The molecule has 200 valence electrons. The largest absolute Gasteiger partial charge is 0.493 e. The third-order valence-corrected chi connectivity index (χ3v) is 7.70. The first-order valence-electron chi connectivity index (χ1n) is 13.0. The molecule has 1 aliphatic rings. The van der Waals surface area contributed by atoms with E-state index in [1.54, 1.807) is 13.2 Å². The molecule has 0 unspecified atom stereocenters. The molecule has 0 spiro atoms. The third kappa shape index (κ3) is 6.25. The Morgan fingerprint density at radius 1 is 1.16 bits per heavy atom. The standard InChI is InChI=1S/C28H36ClFN4O3/c1-4-28(35,5-2)26-9-6-7-12-34(26)13-8-14-37-25-16-20-23(17-24(25)36-3)31-18-32-27(20)33-19-10-11-22(30)21(29)15-19/h10-11,15-18,26,35H,4-9,12-14H2,1-3H3,(H,31,32,33)/t26-/m0/s1. The molecule has 0 amide bonds. The van der Waals surface area contributed by atoms with Gasteiger partial charge in [-0.3, -0.25) is 4.90 Å². The zero-order valence-electron chi connectivity index (χ0n) is 21.8. The van der Waals surface area contributed by atoms with E-state index in [2.05, 4.69) is 34.0 Å². The van der Waals surface area contributed by atoms with Crippen molar-refractivity contribution in [1.29, 1.82) is 0 Å². The van der Waals surface area contributed by atoms with Gasteiger partial charge in [-0.1, -0.05) is 31.9 Å². The van der Waals surface area contributed by atoms with E-state index in [4.69, 9.17) is 21.1 Å². The number of aliphatic hydroxyl groups is 1. The first-order valence-corrected chi connectivity index (χ1v) is 13.4. The molecule has 1 aliphatic heterocycles. The summed E-state index contributed by atoms with van der Waals surface area (Å²) in [6.45, 7) is 6.52. The lowest BCUT2D eigenvalue weighted by Gasteiger charge is -2.45. The van der Waals surface area contributed by atoms with E-state index < -0.39 is 11.4 Å². The van der Waals surface area contributed by atoms with Crippen LogP contribution in [-0.4, -0.2) is 58.4 Å². The van der Waals surface area contributed by atoms with Gasteiger partial charge >= 0.3 is 0 Å². The van der Waals surface area contributed by atoms with Crippen LogP contribution in [0.15, 0.2) is 36.7 Å². The molecule has 7 nitrogen and oxygen atoms in total. The van der Waals surface area contributed by atoms with Gasteiger partial charge in [0.1, 0.15) is 18.0 Å². The average molecular weight is 531 g/mol. The number of hydrogen-bond acceptors (Lipinski definition) is 7. The normalized spacial score (nSPS) is 16.6. The summed E-state index contributed by atoms with van der Waals surface area (Å²) in [5.41, 5.74) is 0.658. The molecule has 1 aromatic heterocycles. The van der Waals surface area contributed by atoms with Gasteiger partial charge in [-0.05, 0) is 62.9 Å². The molecular formula is C28H36ClFN4O3. The van der Waals surface area contributed by atoms with Crippen molar-refractivity contribution >= 4 is 34.0 Å². The third-order valence-electron chi connectivity index (χ3n) is 7.41. The smallest absolute Gasteiger partial charge is 0.162 e. The van der Waals surface area contributed by atoms with E-state index >= 15 is 0 Å². The molecule has 0 saturated carbocycles. The van der Waals surface area contributed by atoms with Crippen LogP contribution in [0.4, 0.5) is 15.9 Å². The van der Waals surface area contributed by atoms with Crippen LogP contribution in [0.2, 0.25) is 5.02 Å². The van der Waals surface area contributed by atoms with Crippen molar-refractivity contribution in [3.63, 3.8) is 0 Å². The molecule has 4 rings (SSSR count). The molecule has 0 bridgehead atoms. The second-order valence-corrected chi connectivity index (χ2v) is 9.96. The highest BCUT2D eigenvalue weighted by Gasteiger charge is 2.38. The fourth-order valence-electron chi connectivity index (χ4n) is 5.18. The fraction of sp³-hybridized carbons (Fsp3) is 0.500. The minimum atomic E-state index is -0.638. The number of nitrogens with one attached hydrogen (secondary N) is 1. The van der Waals surface area contributed by atoms with Gasteiger partial charge in [-0.2, -0.15) is 0 Å². The molecule has 2 heterocycles. The number of benzene rings is 2. The molecule has 2 aromatic carbocycles. The van der Waals surface area contributed by atoms with E-state index in [1.165, 1.54) is 18.5 Å². The molecular weight excluding hydrogens is 495 g/mol. The summed E-state index contributed by atoms with van der Waals surface area (Å²) in [5, 5.41) is 15.1. The Bertz CT molecular complexity index is 1210. The molecule has 1 atom stereocenters. The Labute approximate surface area is 223 Å². The van der Waals surface area contributed by atoms with Crippen molar-refractivity contribution in [3.8, 4) is 11.5 Å². The Morgan fingerprint density at radius 2 is 1.97 bits per heavy atom. The molecule has 9 heteroatoms. The van der Waals surface area contributed by atoms with Crippen molar-refractivity contribution in [2.75, 3.05) is 32.1 Å². The first-order chi connectivity index (χ1) is 17.9. The van der Waals surface area contributed by atoms with Gasteiger partial charge in [0.15, 0.2) is 11.5 Å². The van der Waals surface area contributed by atoms with Crippen LogP contribution < -0.4 is 14.8 Å². The predicted octanol–water partition coefficient (Wildman–Crippen LogP) is 6.35. The Kier molecular flexibility index (Phi) is 9.05. The maximum atomic E-state index is 13.6. The molecule has 2 N–H and O–H groups in total. The van der Waals surface area contributed by atoms with E-state index in [0.717, 1.165) is 57.0 Å². The zero-order chi connectivity index (χ0) is 26.4. The van der Waals surface area contributed by atoms with Crippen LogP contribution in [0.3, 0.4) is 0 Å². The first kappa shape index (κ1) is 27.4. The van der Waals surface area contributed by atoms with Crippen molar-refractivity contribution in [2.45, 2.75) is 64.0 Å². The number of hydrogen-bond donors (Lipinski definition) is 2. The number of likely N-dealkylation sites (tertiary alicyclic amines) is 1. The van der Waals surface area contributed by atoms with Crippen LogP contribution in [0, 0.1) is 5.82 Å². The molecule has 1 saturated heterocycles. The van der Waals surface area contributed by atoms with E-state index in [9.17, 15) is 9.50 Å². The van der Waals surface area contributed by atoms with Crippen molar-refractivity contribution in [3.05, 3.63) is 47.5 Å². The number of methoxy groups -OCH3 is 1. The lowest BCUT2D eigenvalue weighted by molar-refractivity contribution is -0.0684. The lowest BCUT2D eigenvalue weighted by Crippen LogP contribution is -2.54. The number of piperidine rings is 1. The summed E-state index contributed by atoms with van der Waals surface area (Å²) in [6.07, 6.45) is 7.16. The zero-order valence-corrected chi connectivity index (χ0v) is 22.5. The van der Waals surface area contributed by atoms with Gasteiger partial charge in [0, 0.05) is 29.7 Å². The summed E-state index contributed by atoms with van der Waals surface area (Å²) in [4.78, 5) is 11.2. The minimum Gasteiger partial charge on any atom is -0.493 e. The number of ether oxygens (including phenoxy) is 2. The summed E-state index contributed by atoms with van der Waals surface area (Å²) in [7, 11) is 1.60. The van der Waals surface area contributed by atoms with Gasteiger partial charge < -0.3 is 19.9 Å². The van der Waals surface area contributed by atoms with Gasteiger partial charge in [-0.25, -0.2) is 14.4 Å². The Morgan fingerprint density at radius 3 is 2.70 bits per heavy atom. The van der Waals surface area contributed by atoms with Gasteiger partial charge in [0.2, 0.25) is 0 Å². The van der Waals surface area contributed by atoms with Crippen molar-refractivity contribution < 1.29 is 19.0 Å². The second kappa shape index (κ2) is 12.2. The van der Waals surface area contributed by atoms with Crippen molar-refractivity contribution in [1.82, 2.24) is 14.9 Å². The highest BCUT2D eigenvalue weighted by atomic mass is 35.5. The maximum Gasteiger partial charge on any atom is 0.162 e. The number of fused-ring (bicyclic) bond motifs is 1. The van der Waals surface area contributed by atoms with Gasteiger partial charge in [0.05, 0.1) is 29.9 Å². The topological polar surface area (TPSA) is 79.7 Å². The Balaban J connectivity index is 1.47. The lowest BCUT2D eigenvalue weighted by atomic mass is 9.82. The van der Waals surface area contributed by atoms with Crippen LogP contribution in [-0.2, 0) is 0 Å². The summed E-state index contributed by atoms with van der Waals surface area (Å²) in [5.74, 6) is 1.25. The number of nitrogens with zero attached hydrogens (tertiary/aromatic N) is 3. The number of rotatable bonds is 11. The van der Waals surface area contributed by atoms with Gasteiger partial charge in [-0.15, -0.1) is 0 Å². The Hall–Kier alpha value is -2.68. The monoisotopic (exact) mass is 530 g/mol. The second-order valence-electron chi connectivity index (χ2n) is 9.56. The quantitative estimate of drug-likeness (QED) is 0.280. The fourth-order valence-corrected chi connectivity index (χ4v) is 5.37. The number of anilines is 2. The van der Waals surface area contributed by atoms with E-state index in [0.29, 0.717) is 35.1 Å².